The lowest BCUT2D eigenvalue weighted by atomic mass is 10.0. The molecule has 1 aromatic carbocycles. The Kier molecular flexibility index (Phi) is 3.96. The van der Waals surface area contributed by atoms with E-state index in [-0.39, 0.29) is 11.1 Å². The number of ether oxygens (including phenoxy) is 4. The summed E-state index contributed by atoms with van der Waals surface area (Å²) in [4.78, 5) is 11.3. The van der Waals surface area contributed by atoms with Crippen molar-refractivity contribution in [2.75, 3.05) is 0 Å². The third kappa shape index (κ3) is 2.68. The Morgan fingerprint density at radius 2 is 1.90 bits per heavy atom. The minimum absolute atomic E-state index is 0.229. The van der Waals surface area contributed by atoms with Crippen LogP contribution in [0.1, 0.15) is 12.5 Å². The van der Waals surface area contributed by atoms with Crippen molar-refractivity contribution in [1.82, 2.24) is 0 Å². The number of benzene rings is 1. The second-order valence-electron chi connectivity index (χ2n) is 4.87. The molecule has 0 amide bonds. The standard InChI is InChI=1S/C14H15BrO5/c1-8-10-11(20-14(16)19-10)12(13(15)18-8)17-7-9-5-3-2-4-6-9/h2-6,8,10-13H,7H2,1H3/t8-,10-,11+,12+,13+/m0/s1. The summed E-state index contributed by atoms with van der Waals surface area (Å²) in [6, 6.07) is 9.80. The highest BCUT2D eigenvalue weighted by Gasteiger charge is 2.52. The molecule has 0 aliphatic carbocycles. The number of fused-ring (bicyclic) bond motifs is 1. The minimum atomic E-state index is -0.662. The van der Waals surface area contributed by atoms with Crippen LogP contribution >= 0.6 is 15.9 Å². The predicted octanol–water partition coefficient (Wildman–Crippen LogP) is 2.62. The Morgan fingerprint density at radius 3 is 2.65 bits per heavy atom. The van der Waals surface area contributed by atoms with Crippen molar-refractivity contribution >= 4 is 22.1 Å². The summed E-state index contributed by atoms with van der Waals surface area (Å²) in [6.07, 6.45) is -2.16. The van der Waals surface area contributed by atoms with E-state index in [1.165, 1.54) is 0 Å². The maximum absolute atomic E-state index is 11.3. The van der Waals surface area contributed by atoms with Crippen molar-refractivity contribution < 1.29 is 23.7 Å². The van der Waals surface area contributed by atoms with E-state index in [0.29, 0.717) is 6.61 Å². The molecule has 0 bridgehead atoms. The number of hydrogen-bond acceptors (Lipinski definition) is 5. The third-order valence-corrected chi connectivity index (χ3v) is 4.20. The molecule has 0 saturated carbocycles. The molecule has 2 fully saturated rings. The van der Waals surface area contributed by atoms with Crippen LogP contribution in [0.25, 0.3) is 0 Å². The van der Waals surface area contributed by atoms with Crippen LogP contribution in [0, 0.1) is 0 Å². The number of carbonyl (C=O) groups is 1. The zero-order chi connectivity index (χ0) is 14.1. The molecule has 2 saturated heterocycles. The van der Waals surface area contributed by atoms with E-state index in [1.807, 2.05) is 37.3 Å². The molecule has 5 atom stereocenters. The van der Waals surface area contributed by atoms with Crippen molar-refractivity contribution in [3.05, 3.63) is 35.9 Å². The smallest absolute Gasteiger partial charge is 0.424 e. The van der Waals surface area contributed by atoms with Crippen LogP contribution in [0.3, 0.4) is 0 Å². The Labute approximate surface area is 125 Å². The van der Waals surface area contributed by atoms with Gasteiger partial charge in [-0.25, -0.2) is 4.79 Å². The normalized spacial score (nSPS) is 36.1. The quantitative estimate of drug-likeness (QED) is 0.624. The molecule has 108 valence electrons. The molecule has 2 aliphatic heterocycles. The van der Waals surface area contributed by atoms with Crippen LogP contribution in [0.2, 0.25) is 0 Å². The second-order valence-corrected chi connectivity index (χ2v) is 5.77. The molecule has 0 N–H and O–H groups in total. The number of halogens is 1. The van der Waals surface area contributed by atoms with Crippen molar-refractivity contribution in [2.45, 2.75) is 43.0 Å². The largest absolute Gasteiger partial charge is 0.509 e. The molecular weight excluding hydrogens is 328 g/mol. The van der Waals surface area contributed by atoms with Gasteiger partial charge in [0.05, 0.1) is 12.7 Å². The molecule has 0 unspecified atom stereocenters. The molecule has 3 rings (SSSR count). The Balaban J connectivity index is 1.69. The van der Waals surface area contributed by atoms with Gasteiger partial charge in [0.2, 0.25) is 0 Å². The first-order valence-corrected chi connectivity index (χ1v) is 7.39. The van der Waals surface area contributed by atoms with Crippen LogP contribution in [-0.2, 0) is 25.6 Å². The van der Waals surface area contributed by atoms with Crippen LogP contribution in [0.4, 0.5) is 4.79 Å². The van der Waals surface area contributed by atoms with Crippen molar-refractivity contribution in [1.29, 1.82) is 0 Å². The van der Waals surface area contributed by atoms with Gasteiger partial charge in [-0.3, -0.25) is 0 Å². The molecule has 2 aliphatic rings. The summed E-state index contributed by atoms with van der Waals surface area (Å²) in [5.74, 6) is 0. The highest BCUT2D eigenvalue weighted by atomic mass is 79.9. The van der Waals surface area contributed by atoms with E-state index < -0.39 is 24.5 Å². The summed E-state index contributed by atoms with van der Waals surface area (Å²) in [6.45, 7) is 2.27. The summed E-state index contributed by atoms with van der Waals surface area (Å²) in [5, 5.41) is -0.336. The fourth-order valence-electron chi connectivity index (χ4n) is 2.45. The van der Waals surface area contributed by atoms with E-state index in [9.17, 15) is 4.79 Å². The van der Waals surface area contributed by atoms with Gasteiger partial charge in [-0.1, -0.05) is 46.3 Å². The van der Waals surface area contributed by atoms with Gasteiger partial charge in [0.15, 0.2) is 12.2 Å². The van der Waals surface area contributed by atoms with Gasteiger partial charge in [0, 0.05) is 0 Å². The molecule has 5 nitrogen and oxygen atoms in total. The molecular formula is C14H15BrO5. The second kappa shape index (κ2) is 5.71. The monoisotopic (exact) mass is 342 g/mol. The van der Waals surface area contributed by atoms with E-state index in [0.717, 1.165) is 5.56 Å². The Hall–Kier alpha value is -1.11. The maximum Gasteiger partial charge on any atom is 0.509 e. The van der Waals surface area contributed by atoms with E-state index in [1.54, 1.807) is 0 Å². The fourth-order valence-corrected chi connectivity index (χ4v) is 3.24. The Morgan fingerprint density at radius 1 is 1.20 bits per heavy atom. The number of alkyl halides is 1. The van der Waals surface area contributed by atoms with Crippen LogP contribution in [0.5, 0.6) is 0 Å². The molecule has 0 aromatic heterocycles. The first-order valence-electron chi connectivity index (χ1n) is 6.47. The summed E-state index contributed by atoms with van der Waals surface area (Å²) in [7, 11) is 0. The van der Waals surface area contributed by atoms with Crippen molar-refractivity contribution in [2.24, 2.45) is 0 Å². The summed E-state index contributed by atoms with van der Waals surface area (Å²) < 4.78 is 21.9. The van der Waals surface area contributed by atoms with Gasteiger partial charge in [-0.2, -0.15) is 0 Å². The lowest BCUT2D eigenvalue weighted by Crippen LogP contribution is -2.54. The predicted molar refractivity (Wildman–Crippen MR) is 73.4 cm³/mol. The summed E-state index contributed by atoms with van der Waals surface area (Å²) in [5.41, 5.74) is 1.05. The van der Waals surface area contributed by atoms with Crippen LogP contribution in [0.15, 0.2) is 30.3 Å². The molecule has 20 heavy (non-hydrogen) atoms. The average molecular weight is 343 g/mol. The number of carbonyl (C=O) groups excluding carboxylic acids is 1. The van der Waals surface area contributed by atoms with Crippen molar-refractivity contribution in [3.8, 4) is 0 Å². The van der Waals surface area contributed by atoms with E-state index in [4.69, 9.17) is 18.9 Å². The van der Waals surface area contributed by atoms with Gasteiger partial charge in [-0.05, 0) is 12.5 Å². The van der Waals surface area contributed by atoms with Gasteiger partial charge in [0.25, 0.3) is 0 Å². The average Bonchev–Trinajstić information content (AvgIpc) is 2.82. The third-order valence-electron chi connectivity index (χ3n) is 3.46. The molecule has 1 aromatic rings. The van der Waals surface area contributed by atoms with Gasteiger partial charge >= 0.3 is 6.16 Å². The number of hydrogen-bond donors (Lipinski definition) is 0. The maximum atomic E-state index is 11.3. The topological polar surface area (TPSA) is 54.0 Å². The molecule has 6 heteroatoms. The molecule has 2 heterocycles. The molecule has 0 spiro atoms. The van der Waals surface area contributed by atoms with Crippen molar-refractivity contribution in [3.63, 3.8) is 0 Å². The summed E-state index contributed by atoms with van der Waals surface area (Å²) >= 11 is 3.43. The van der Waals surface area contributed by atoms with Gasteiger partial charge in [0.1, 0.15) is 11.1 Å². The van der Waals surface area contributed by atoms with Gasteiger partial charge in [-0.15, -0.1) is 0 Å². The van der Waals surface area contributed by atoms with E-state index >= 15 is 0 Å². The first-order chi connectivity index (χ1) is 9.65. The number of rotatable bonds is 3. The SMILES string of the molecule is C[C@@H]1O[C@@H](Br)[C@H](OCc2ccccc2)[C@@H]2OC(=O)O[C@H]21. The van der Waals surface area contributed by atoms with Crippen LogP contribution in [-0.4, -0.2) is 35.6 Å². The fraction of sp³-hybridized carbons (Fsp3) is 0.500. The lowest BCUT2D eigenvalue weighted by molar-refractivity contribution is -0.171. The highest BCUT2D eigenvalue weighted by molar-refractivity contribution is 9.09. The zero-order valence-electron chi connectivity index (χ0n) is 10.9. The van der Waals surface area contributed by atoms with Gasteiger partial charge < -0.3 is 18.9 Å². The van der Waals surface area contributed by atoms with E-state index in [2.05, 4.69) is 15.9 Å². The Bertz CT molecular complexity index is 480. The highest BCUT2D eigenvalue weighted by Crippen LogP contribution is 2.34. The minimum Gasteiger partial charge on any atom is -0.424 e. The lowest BCUT2D eigenvalue weighted by Gasteiger charge is -2.37. The first kappa shape index (κ1) is 13.9. The zero-order valence-corrected chi connectivity index (χ0v) is 12.5. The molecule has 0 radical (unpaired) electrons. The van der Waals surface area contributed by atoms with Crippen LogP contribution < -0.4 is 0 Å².